The highest BCUT2D eigenvalue weighted by Crippen LogP contribution is 2.35. The predicted molar refractivity (Wildman–Crippen MR) is 134 cm³/mol. The van der Waals surface area contributed by atoms with Crippen LogP contribution in [0.1, 0.15) is 6.42 Å². The summed E-state index contributed by atoms with van der Waals surface area (Å²) in [6, 6.07) is 34.3. The third-order valence-electron chi connectivity index (χ3n) is 5.62. The van der Waals surface area contributed by atoms with Gasteiger partial charge in [-0.05, 0) is 47.5 Å². The zero-order chi connectivity index (χ0) is 22.4. The van der Waals surface area contributed by atoms with Crippen LogP contribution in [-0.2, 0) is 6.54 Å². The molecule has 0 saturated carbocycles. The minimum Gasteiger partial charge on any atom is -0.331 e. The van der Waals surface area contributed by atoms with Gasteiger partial charge in [-0.2, -0.15) is 0 Å². The molecule has 0 bridgehead atoms. The van der Waals surface area contributed by atoms with Crippen molar-refractivity contribution in [2.45, 2.75) is 13.0 Å². The number of hydrogen-bond acceptors (Lipinski definition) is 1. The number of benzene rings is 3. The molecule has 0 spiro atoms. The van der Waals surface area contributed by atoms with E-state index in [-0.39, 0.29) is 0 Å². The first-order chi connectivity index (χ1) is 15.5. The van der Waals surface area contributed by atoms with E-state index >= 15 is 0 Å². The van der Waals surface area contributed by atoms with Gasteiger partial charge in [-0.1, -0.05) is 48.5 Å². The average Bonchev–Trinajstić information content (AvgIpc) is 2.81. The SMILES string of the molecule is C[N+](C)(C)CCC[n+]1ccc(-c2ccc(N(c3ccccc3)c3ccccc3)cc2)cc1. The number of anilines is 3. The van der Waals surface area contributed by atoms with Crippen molar-refractivity contribution in [1.29, 1.82) is 0 Å². The highest BCUT2D eigenvalue weighted by Gasteiger charge is 2.12. The van der Waals surface area contributed by atoms with Gasteiger partial charge in [0.2, 0.25) is 0 Å². The van der Waals surface area contributed by atoms with Crippen molar-refractivity contribution >= 4 is 17.1 Å². The summed E-state index contributed by atoms with van der Waals surface area (Å²) in [4.78, 5) is 2.29. The van der Waals surface area contributed by atoms with Crippen LogP contribution in [0.4, 0.5) is 17.1 Å². The van der Waals surface area contributed by atoms with Crippen molar-refractivity contribution in [3.63, 3.8) is 0 Å². The molecule has 1 heterocycles. The van der Waals surface area contributed by atoms with E-state index in [2.05, 4.69) is 140 Å². The van der Waals surface area contributed by atoms with E-state index in [1.54, 1.807) is 0 Å². The van der Waals surface area contributed by atoms with Gasteiger partial charge in [-0.25, -0.2) is 4.57 Å². The third-order valence-corrected chi connectivity index (χ3v) is 5.62. The number of aryl methyl sites for hydroxylation is 1. The molecule has 4 rings (SSSR count). The second-order valence-corrected chi connectivity index (χ2v) is 9.25. The van der Waals surface area contributed by atoms with Gasteiger partial charge in [-0.3, -0.25) is 0 Å². The normalized spacial score (nSPS) is 11.3. The number of quaternary nitrogens is 1. The molecule has 1 aromatic heterocycles. The summed E-state index contributed by atoms with van der Waals surface area (Å²) < 4.78 is 3.29. The highest BCUT2D eigenvalue weighted by atomic mass is 15.3. The Morgan fingerprint density at radius 2 is 1.06 bits per heavy atom. The van der Waals surface area contributed by atoms with Gasteiger partial charge in [0.1, 0.15) is 0 Å². The summed E-state index contributed by atoms with van der Waals surface area (Å²) in [7, 11) is 6.73. The van der Waals surface area contributed by atoms with Crippen LogP contribution in [0.5, 0.6) is 0 Å². The molecule has 0 aliphatic carbocycles. The second kappa shape index (κ2) is 9.80. The maximum atomic E-state index is 2.29. The van der Waals surface area contributed by atoms with Crippen LogP contribution >= 0.6 is 0 Å². The zero-order valence-electron chi connectivity index (χ0n) is 19.4. The molecule has 0 radical (unpaired) electrons. The Kier molecular flexibility index (Phi) is 6.67. The molecule has 0 atom stereocenters. The Balaban J connectivity index is 1.53. The standard InChI is InChI=1S/C29H33N3/c1-32(2,3)24-10-21-30-22-19-26(20-23-30)25-15-17-29(18-16-25)31(27-11-6-4-7-12-27)28-13-8-5-9-14-28/h4-9,11-20,22-23H,10,21,24H2,1-3H3/q+2. The maximum Gasteiger partial charge on any atom is 0.169 e. The molecule has 0 unspecified atom stereocenters. The Morgan fingerprint density at radius 1 is 0.594 bits per heavy atom. The zero-order valence-corrected chi connectivity index (χ0v) is 19.4. The molecule has 0 aliphatic rings. The number of rotatable bonds is 8. The van der Waals surface area contributed by atoms with E-state index in [0.29, 0.717) is 0 Å². The molecule has 3 aromatic carbocycles. The molecule has 0 saturated heterocycles. The van der Waals surface area contributed by atoms with E-state index in [1.165, 1.54) is 24.1 Å². The lowest BCUT2D eigenvalue weighted by atomic mass is 10.1. The van der Waals surface area contributed by atoms with E-state index in [4.69, 9.17) is 0 Å². The quantitative estimate of drug-likeness (QED) is 0.241. The summed E-state index contributed by atoms with van der Waals surface area (Å²) in [5.74, 6) is 0. The van der Waals surface area contributed by atoms with Crippen LogP contribution in [0, 0.1) is 0 Å². The average molecular weight is 424 g/mol. The Hall–Kier alpha value is -3.43. The highest BCUT2D eigenvalue weighted by molar-refractivity contribution is 5.78. The molecular formula is C29H33N3+2. The van der Waals surface area contributed by atoms with Crippen LogP contribution < -0.4 is 9.47 Å². The molecule has 3 heteroatoms. The topological polar surface area (TPSA) is 7.12 Å². The fourth-order valence-corrected chi connectivity index (χ4v) is 3.93. The lowest BCUT2D eigenvalue weighted by Gasteiger charge is -2.25. The van der Waals surface area contributed by atoms with Crippen molar-refractivity contribution in [2.75, 3.05) is 32.6 Å². The molecule has 0 fully saturated rings. The lowest BCUT2D eigenvalue weighted by molar-refractivity contribution is -0.873. The molecular weight excluding hydrogens is 390 g/mol. The van der Waals surface area contributed by atoms with Crippen molar-refractivity contribution in [1.82, 2.24) is 0 Å². The fraction of sp³-hybridized carbons (Fsp3) is 0.207. The predicted octanol–water partition coefficient (Wildman–Crippen LogP) is 6.21. The van der Waals surface area contributed by atoms with Gasteiger partial charge >= 0.3 is 0 Å². The van der Waals surface area contributed by atoms with Gasteiger partial charge in [0.05, 0.1) is 34.1 Å². The van der Waals surface area contributed by atoms with Gasteiger partial charge in [0.15, 0.2) is 18.9 Å². The lowest BCUT2D eigenvalue weighted by Crippen LogP contribution is -2.39. The number of hydrogen-bond donors (Lipinski definition) is 0. The fourth-order valence-electron chi connectivity index (χ4n) is 3.93. The molecule has 0 N–H and O–H groups in total. The molecule has 32 heavy (non-hydrogen) atoms. The first kappa shape index (κ1) is 21.8. The third kappa shape index (κ3) is 5.63. The van der Waals surface area contributed by atoms with E-state index in [9.17, 15) is 0 Å². The van der Waals surface area contributed by atoms with Crippen LogP contribution in [-0.4, -0.2) is 32.2 Å². The first-order valence-electron chi connectivity index (χ1n) is 11.3. The van der Waals surface area contributed by atoms with Crippen LogP contribution in [0.3, 0.4) is 0 Å². The Labute approximate surface area is 192 Å². The van der Waals surface area contributed by atoms with Crippen molar-refractivity contribution in [3.8, 4) is 11.1 Å². The summed E-state index contributed by atoms with van der Waals surface area (Å²) in [5, 5.41) is 0. The van der Waals surface area contributed by atoms with E-state index in [1.807, 2.05) is 0 Å². The van der Waals surface area contributed by atoms with Gasteiger partial charge < -0.3 is 9.38 Å². The maximum absolute atomic E-state index is 2.29. The van der Waals surface area contributed by atoms with Crippen LogP contribution in [0.2, 0.25) is 0 Å². The van der Waals surface area contributed by atoms with Gasteiger partial charge in [0, 0.05) is 29.2 Å². The monoisotopic (exact) mass is 423 g/mol. The van der Waals surface area contributed by atoms with Crippen molar-refractivity contribution < 1.29 is 9.05 Å². The number of nitrogens with zero attached hydrogens (tertiary/aromatic N) is 3. The van der Waals surface area contributed by atoms with Gasteiger partial charge in [-0.15, -0.1) is 0 Å². The number of pyridine rings is 1. The minimum atomic E-state index is 1.01. The Morgan fingerprint density at radius 3 is 1.56 bits per heavy atom. The second-order valence-electron chi connectivity index (χ2n) is 9.25. The van der Waals surface area contributed by atoms with Crippen LogP contribution in [0.15, 0.2) is 109 Å². The van der Waals surface area contributed by atoms with Crippen LogP contribution in [0.25, 0.3) is 11.1 Å². The molecule has 0 aliphatic heterocycles. The molecule has 0 amide bonds. The largest absolute Gasteiger partial charge is 0.331 e. The number of aromatic nitrogens is 1. The van der Waals surface area contributed by atoms with E-state index in [0.717, 1.165) is 28.1 Å². The molecule has 162 valence electrons. The summed E-state index contributed by atoms with van der Waals surface area (Å²) in [6.45, 7) is 2.23. The smallest absolute Gasteiger partial charge is 0.169 e. The van der Waals surface area contributed by atoms with Gasteiger partial charge in [0.25, 0.3) is 0 Å². The molecule has 3 nitrogen and oxygen atoms in total. The molecule has 4 aromatic rings. The summed E-state index contributed by atoms with van der Waals surface area (Å²) >= 11 is 0. The van der Waals surface area contributed by atoms with Crippen molar-refractivity contribution in [3.05, 3.63) is 109 Å². The summed E-state index contributed by atoms with van der Waals surface area (Å²) in [5.41, 5.74) is 5.93. The number of para-hydroxylation sites is 2. The Bertz CT molecular complexity index is 1060. The first-order valence-corrected chi connectivity index (χ1v) is 11.3. The van der Waals surface area contributed by atoms with E-state index < -0.39 is 0 Å². The summed E-state index contributed by atoms with van der Waals surface area (Å²) in [6.07, 6.45) is 5.56. The minimum absolute atomic E-state index is 1.01. The van der Waals surface area contributed by atoms with Crippen molar-refractivity contribution in [2.24, 2.45) is 0 Å².